The van der Waals surface area contributed by atoms with E-state index in [2.05, 4.69) is 0 Å². The fraction of sp³-hybridized carbons (Fsp3) is 1.00. The first-order valence-corrected chi connectivity index (χ1v) is 13.9. The monoisotopic (exact) mass is 566 g/mol. The molecule has 228 valence electrons. The lowest BCUT2D eigenvalue weighted by molar-refractivity contribution is -0.343. The topological polar surface area (TPSA) is 164 Å². The Hall–Kier alpha value is -0.520. The molecule has 0 aromatic heterocycles. The minimum Gasteiger partial charge on any atom is -0.390 e. The lowest BCUT2D eigenvalue weighted by atomic mass is 9.99. The van der Waals surface area contributed by atoms with Gasteiger partial charge in [0.25, 0.3) is 0 Å². The molecule has 4 saturated heterocycles. The molecule has 4 heterocycles. The maximum atomic E-state index is 10.9. The smallest absolute Gasteiger partial charge is 0.161 e. The molecule has 4 N–H and O–H groups in total. The number of ether oxygens (including phenoxy) is 9. The van der Waals surface area contributed by atoms with Gasteiger partial charge in [0.2, 0.25) is 0 Å². The summed E-state index contributed by atoms with van der Waals surface area (Å²) in [5, 5.41) is 41.2. The third kappa shape index (κ3) is 7.47. The highest BCUT2D eigenvalue weighted by Gasteiger charge is 2.46. The van der Waals surface area contributed by atoms with E-state index < -0.39 is 98.4 Å². The van der Waals surface area contributed by atoms with Crippen molar-refractivity contribution in [2.75, 3.05) is 14.2 Å². The van der Waals surface area contributed by atoms with E-state index in [0.717, 1.165) is 0 Å². The van der Waals surface area contributed by atoms with Gasteiger partial charge in [-0.1, -0.05) is 0 Å². The van der Waals surface area contributed by atoms with Crippen molar-refractivity contribution in [2.24, 2.45) is 0 Å². The summed E-state index contributed by atoms with van der Waals surface area (Å²) in [4.78, 5) is 0. The molecule has 13 nitrogen and oxygen atoms in total. The summed E-state index contributed by atoms with van der Waals surface area (Å²) in [6, 6.07) is 0. The third-order valence-electron chi connectivity index (χ3n) is 8.10. The van der Waals surface area contributed by atoms with Gasteiger partial charge in [-0.05, 0) is 27.7 Å². The normalized spacial score (nSPS) is 51.5. The first kappa shape index (κ1) is 31.4. The van der Waals surface area contributed by atoms with Crippen molar-refractivity contribution in [3.05, 3.63) is 0 Å². The maximum absolute atomic E-state index is 10.9. The summed E-state index contributed by atoms with van der Waals surface area (Å²) in [6.45, 7) is 7.11. The van der Waals surface area contributed by atoms with Crippen LogP contribution in [0, 0.1) is 0 Å². The second-order valence-electron chi connectivity index (χ2n) is 11.0. The SMILES string of the molecule is CO[C@H]1C[C@H](O[C@H]2[C@@H](O)C[C@H](O[C@@H]3[C@@H](C)O[C@@H](O[C@H]4[C@@H](O)CC(O)O[C@@H]4C)C[C@H]3OC)O[C@@H]2C)O[C@H](C)[C@H]1O. The van der Waals surface area contributed by atoms with E-state index in [1.807, 2.05) is 6.92 Å². The zero-order valence-electron chi connectivity index (χ0n) is 23.5. The predicted octanol–water partition coefficient (Wildman–Crippen LogP) is -0.213. The summed E-state index contributed by atoms with van der Waals surface area (Å²) < 4.78 is 52.7. The van der Waals surface area contributed by atoms with Crippen LogP contribution in [-0.2, 0) is 42.6 Å². The zero-order chi connectivity index (χ0) is 28.4. The van der Waals surface area contributed by atoms with Gasteiger partial charge >= 0.3 is 0 Å². The molecule has 0 spiro atoms. The second-order valence-corrected chi connectivity index (χ2v) is 11.0. The van der Waals surface area contributed by atoms with E-state index in [1.165, 1.54) is 7.11 Å². The molecular formula is C26H46O13. The van der Waals surface area contributed by atoms with Gasteiger partial charge in [-0.15, -0.1) is 0 Å². The standard InChI is InChI=1S/C26H46O13/c1-11-23(30)17(31-5)9-21(34-11)37-25-13(3)35-20(8-16(25)28)39-26-14(4)36-22(10-18(26)32-6)38-24-12(2)33-19(29)7-15(24)27/h11-30H,7-10H2,1-6H3/t11-,12-,13-,14-,15+,16+,17+,18-,19?,20+,21+,22+,23-,24-,25-,26-/m1/s1. The van der Waals surface area contributed by atoms with Gasteiger partial charge in [-0.25, -0.2) is 0 Å². The van der Waals surface area contributed by atoms with Crippen molar-refractivity contribution in [2.45, 2.75) is 152 Å². The second kappa shape index (κ2) is 13.6. The van der Waals surface area contributed by atoms with Crippen molar-refractivity contribution in [1.29, 1.82) is 0 Å². The minimum atomic E-state index is -1.03. The third-order valence-corrected chi connectivity index (χ3v) is 8.10. The summed E-state index contributed by atoms with van der Waals surface area (Å²) in [7, 11) is 3.11. The molecular weight excluding hydrogens is 520 g/mol. The van der Waals surface area contributed by atoms with Crippen LogP contribution in [0.5, 0.6) is 0 Å². The number of rotatable bonds is 8. The first-order valence-electron chi connectivity index (χ1n) is 13.9. The van der Waals surface area contributed by atoms with Crippen LogP contribution in [0.4, 0.5) is 0 Å². The summed E-state index contributed by atoms with van der Waals surface area (Å²) in [6.07, 6.45) is -9.32. The predicted molar refractivity (Wildman–Crippen MR) is 132 cm³/mol. The van der Waals surface area contributed by atoms with Gasteiger partial charge < -0.3 is 63.1 Å². The number of methoxy groups -OCH3 is 2. The van der Waals surface area contributed by atoms with E-state index in [1.54, 1.807) is 27.9 Å². The van der Waals surface area contributed by atoms with Crippen molar-refractivity contribution in [3.63, 3.8) is 0 Å². The maximum Gasteiger partial charge on any atom is 0.161 e. The molecule has 0 saturated carbocycles. The van der Waals surface area contributed by atoms with Gasteiger partial charge in [-0.3, -0.25) is 0 Å². The van der Waals surface area contributed by atoms with Crippen LogP contribution in [0.3, 0.4) is 0 Å². The van der Waals surface area contributed by atoms with Crippen molar-refractivity contribution in [3.8, 4) is 0 Å². The van der Waals surface area contributed by atoms with Crippen LogP contribution in [0.15, 0.2) is 0 Å². The summed E-state index contributed by atoms with van der Waals surface area (Å²) in [5.74, 6) is 0. The van der Waals surface area contributed by atoms with Crippen LogP contribution in [0.25, 0.3) is 0 Å². The average Bonchev–Trinajstić information content (AvgIpc) is 2.87. The van der Waals surface area contributed by atoms with Gasteiger partial charge in [0.1, 0.15) is 24.4 Å². The fourth-order valence-electron chi connectivity index (χ4n) is 5.91. The first-order chi connectivity index (χ1) is 18.5. The molecule has 0 bridgehead atoms. The fourth-order valence-corrected chi connectivity index (χ4v) is 5.91. The Kier molecular flexibility index (Phi) is 11.0. The Morgan fingerprint density at radius 1 is 0.513 bits per heavy atom. The van der Waals surface area contributed by atoms with Crippen molar-refractivity contribution in [1.82, 2.24) is 0 Å². The molecule has 4 fully saturated rings. The highest BCUT2D eigenvalue weighted by molar-refractivity contribution is 4.89. The van der Waals surface area contributed by atoms with Crippen LogP contribution in [0.2, 0.25) is 0 Å². The number of aliphatic hydroxyl groups excluding tert-OH is 4. The quantitative estimate of drug-likeness (QED) is 0.305. The van der Waals surface area contributed by atoms with Gasteiger partial charge in [0, 0.05) is 39.9 Å². The van der Waals surface area contributed by atoms with Crippen LogP contribution < -0.4 is 0 Å². The summed E-state index contributed by atoms with van der Waals surface area (Å²) in [5.41, 5.74) is 0. The van der Waals surface area contributed by atoms with Gasteiger partial charge in [-0.2, -0.15) is 0 Å². The molecule has 0 aromatic carbocycles. The Balaban J connectivity index is 1.30. The van der Waals surface area contributed by atoms with E-state index in [4.69, 9.17) is 42.6 Å². The molecule has 4 rings (SSSR count). The average molecular weight is 567 g/mol. The van der Waals surface area contributed by atoms with Crippen LogP contribution >= 0.6 is 0 Å². The van der Waals surface area contributed by atoms with E-state index >= 15 is 0 Å². The molecule has 0 radical (unpaired) electrons. The Bertz CT molecular complexity index is 735. The van der Waals surface area contributed by atoms with Gasteiger partial charge in [0.15, 0.2) is 25.2 Å². The number of hydrogen-bond acceptors (Lipinski definition) is 13. The largest absolute Gasteiger partial charge is 0.390 e. The Labute approximate surface area is 229 Å². The molecule has 4 aliphatic heterocycles. The van der Waals surface area contributed by atoms with E-state index in [9.17, 15) is 20.4 Å². The highest BCUT2D eigenvalue weighted by atomic mass is 16.7. The highest BCUT2D eigenvalue weighted by Crippen LogP contribution is 2.34. The Morgan fingerprint density at radius 2 is 0.949 bits per heavy atom. The molecule has 16 atom stereocenters. The lowest BCUT2D eigenvalue weighted by Crippen LogP contribution is -2.57. The number of hydrogen-bond donors (Lipinski definition) is 4. The Morgan fingerprint density at radius 3 is 1.49 bits per heavy atom. The molecule has 0 aliphatic carbocycles. The van der Waals surface area contributed by atoms with Crippen LogP contribution in [0.1, 0.15) is 53.4 Å². The van der Waals surface area contributed by atoms with Crippen molar-refractivity contribution >= 4 is 0 Å². The van der Waals surface area contributed by atoms with Crippen LogP contribution in [-0.4, -0.2) is 133 Å². The summed E-state index contributed by atoms with van der Waals surface area (Å²) >= 11 is 0. The molecule has 0 amide bonds. The van der Waals surface area contributed by atoms with Gasteiger partial charge in [0.05, 0.1) is 48.8 Å². The van der Waals surface area contributed by atoms with E-state index in [-0.39, 0.29) is 12.8 Å². The zero-order valence-corrected chi connectivity index (χ0v) is 23.5. The minimum absolute atomic E-state index is 0.0573. The number of aliphatic hydroxyl groups is 4. The van der Waals surface area contributed by atoms with E-state index in [0.29, 0.717) is 12.8 Å². The molecule has 13 heteroatoms. The lowest BCUT2D eigenvalue weighted by Gasteiger charge is -2.46. The van der Waals surface area contributed by atoms with Crippen molar-refractivity contribution < 1.29 is 63.1 Å². The molecule has 0 aromatic rings. The molecule has 4 aliphatic rings. The molecule has 39 heavy (non-hydrogen) atoms. The molecule has 1 unspecified atom stereocenters.